The first-order valence-electron chi connectivity index (χ1n) is 7.49. The molecule has 2 rings (SSSR count). The van der Waals surface area contributed by atoms with Crippen LogP contribution >= 0.6 is 15.9 Å². The molecule has 0 radical (unpaired) electrons. The molecule has 0 spiro atoms. The molecule has 0 bridgehead atoms. The highest BCUT2D eigenvalue weighted by Crippen LogP contribution is 2.14. The van der Waals surface area contributed by atoms with Crippen molar-refractivity contribution in [3.63, 3.8) is 0 Å². The normalized spacial score (nSPS) is 11.3. The van der Waals surface area contributed by atoms with E-state index < -0.39 is 10.0 Å². The van der Waals surface area contributed by atoms with E-state index >= 15 is 0 Å². The molecule has 2 aromatic rings. The Morgan fingerprint density at radius 2 is 1.79 bits per heavy atom. The first kappa shape index (κ1) is 18.6. The van der Waals surface area contributed by atoms with Crippen LogP contribution in [0.3, 0.4) is 0 Å². The molecule has 3 N–H and O–H groups in total. The molecule has 0 saturated carbocycles. The summed E-state index contributed by atoms with van der Waals surface area (Å²) in [5.41, 5.74) is 0.832. The number of anilines is 2. The Kier molecular flexibility index (Phi) is 6.52. The first-order chi connectivity index (χ1) is 11.4. The Bertz CT molecular complexity index is 781. The molecular formula is C15H20BrN5O2S. The molecular weight excluding hydrogens is 394 g/mol. The molecule has 0 fully saturated rings. The largest absolute Gasteiger partial charge is 0.370 e. The van der Waals surface area contributed by atoms with Crippen molar-refractivity contribution in [2.24, 2.45) is 0 Å². The molecule has 1 aromatic heterocycles. The van der Waals surface area contributed by atoms with Gasteiger partial charge in [-0.3, -0.25) is 0 Å². The maximum absolute atomic E-state index is 12.2. The number of aromatic nitrogens is 2. The third-order valence-corrected chi connectivity index (χ3v) is 5.04. The summed E-state index contributed by atoms with van der Waals surface area (Å²) in [7, 11) is -3.52. The van der Waals surface area contributed by atoms with Crippen LogP contribution in [0.25, 0.3) is 0 Å². The van der Waals surface area contributed by atoms with Gasteiger partial charge in [0.15, 0.2) is 0 Å². The lowest BCUT2D eigenvalue weighted by Gasteiger charge is -2.10. The number of nitrogens with zero attached hydrogens (tertiary/aromatic N) is 2. The van der Waals surface area contributed by atoms with Gasteiger partial charge in [-0.25, -0.2) is 18.1 Å². The smallest absolute Gasteiger partial charge is 0.240 e. The fraction of sp³-hybridized carbons (Fsp3) is 0.333. The molecule has 1 aromatic carbocycles. The zero-order chi connectivity index (χ0) is 17.6. The van der Waals surface area contributed by atoms with Gasteiger partial charge in [0.25, 0.3) is 0 Å². The van der Waals surface area contributed by atoms with Crippen LogP contribution in [-0.2, 0) is 10.0 Å². The standard InChI is InChI=1S/C15H20BrN5O2S/c1-3-17-14-10-11(2)20-15(21-14)18-8-9-19-24(22,23)13-6-4-12(16)5-7-13/h4-7,10,19H,3,8-9H2,1-2H3,(H2,17,18,20,21). The maximum Gasteiger partial charge on any atom is 0.240 e. The predicted molar refractivity (Wildman–Crippen MR) is 98.8 cm³/mol. The molecule has 0 amide bonds. The van der Waals surface area contributed by atoms with Crippen molar-refractivity contribution in [3.05, 3.63) is 40.5 Å². The van der Waals surface area contributed by atoms with Gasteiger partial charge in [0.1, 0.15) is 5.82 Å². The third kappa shape index (κ3) is 5.43. The van der Waals surface area contributed by atoms with E-state index in [2.05, 4.69) is 41.3 Å². The van der Waals surface area contributed by atoms with E-state index in [0.29, 0.717) is 12.5 Å². The van der Waals surface area contributed by atoms with Crippen molar-refractivity contribution in [2.45, 2.75) is 18.7 Å². The molecule has 0 aliphatic carbocycles. The summed E-state index contributed by atoms with van der Waals surface area (Å²) in [4.78, 5) is 8.81. The molecule has 0 aliphatic rings. The maximum atomic E-state index is 12.2. The predicted octanol–water partition coefficient (Wildman–Crippen LogP) is 2.37. The number of hydrogen-bond donors (Lipinski definition) is 3. The second-order valence-corrected chi connectivity index (χ2v) is 7.71. The van der Waals surface area contributed by atoms with Crippen LogP contribution in [0.4, 0.5) is 11.8 Å². The number of rotatable bonds is 8. The van der Waals surface area contributed by atoms with E-state index in [9.17, 15) is 8.42 Å². The lowest BCUT2D eigenvalue weighted by atomic mass is 10.4. The first-order valence-corrected chi connectivity index (χ1v) is 9.77. The van der Waals surface area contributed by atoms with Crippen molar-refractivity contribution < 1.29 is 8.42 Å². The highest BCUT2D eigenvalue weighted by atomic mass is 79.9. The Morgan fingerprint density at radius 3 is 2.46 bits per heavy atom. The molecule has 0 unspecified atom stereocenters. The van der Waals surface area contributed by atoms with Crippen LogP contribution in [0.2, 0.25) is 0 Å². The molecule has 1 heterocycles. The third-order valence-electron chi connectivity index (χ3n) is 3.04. The number of halogens is 1. The highest BCUT2D eigenvalue weighted by molar-refractivity contribution is 9.10. The SMILES string of the molecule is CCNc1cc(C)nc(NCCNS(=O)(=O)c2ccc(Br)cc2)n1. The summed E-state index contributed by atoms with van der Waals surface area (Å²) in [6.45, 7) is 5.24. The lowest BCUT2D eigenvalue weighted by Crippen LogP contribution is -2.29. The van der Waals surface area contributed by atoms with Crippen LogP contribution in [0.5, 0.6) is 0 Å². The number of nitrogens with one attached hydrogen (secondary N) is 3. The fourth-order valence-electron chi connectivity index (χ4n) is 1.98. The van der Waals surface area contributed by atoms with Crippen molar-refractivity contribution in [2.75, 3.05) is 30.3 Å². The van der Waals surface area contributed by atoms with E-state index in [4.69, 9.17) is 0 Å². The minimum atomic E-state index is -3.52. The molecule has 130 valence electrons. The van der Waals surface area contributed by atoms with Crippen molar-refractivity contribution >= 4 is 37.7 Å². The average Bonchev–Trinajstić information content (AvgIpc) is 2.52. The zero-order valence-electron chi connectivity index (χ0n) is 13.5. The highest BCUT2D eigenvalue weighted by Gasteiger charge is 2.12. The minimum Gasteiger partial charge on any atom is -0.370 e. The summed E-state index contributed by atoms with van der Waals surface area (Å²) in [6.07, 6.45) is 0. The van der Waals surface area contributed by atoms with Gasteiger partial charge in [-0.05, 0) is 38.1 Å². The summed E-state index contributed by atoms with van der Waals surface area (Å²) in [5, 5.41) is 6.14. The lowest BCUT2D eigenvalue weighted by molar-refractivity contribution is 0.583. The van der Waals surface area contributed by atoms with Crippen LogP contribution in [0.15, 0.2) is 39.7 Å². The topological polar surface area (TPSA) is 96.0 Å². The van der Waals surface area contributed by atoms with Crippen LogP contribution < -0.4 is 15.4 Å². The molecule has 7 nitrogen and oxygen atoms in total. The molecule has 9 heteroatoms. The fourth-order valence-corrected chi connectivity index (χ4v) is 3.27. The Balaban J connectivity index is 1.89. The quantitative estimate of drug-likeness (QED) is 0.574. The van der Waals surface area contributed by atoms with E-state index in [1.165, 1.54) is 0 Å². The summed E-state index contributed by atoms with van der Waals surface area (Å²) < 4.78 is 27.7. The minimum absolute atomic E-state index is 0.228. The van der Waals surface area contributed by atoms with E-state index in [-0.39, 0.29) is 11.4 Å². The second-order valence-electron chi connectivity index (χ2n) is 5.03. The monoisotopic (exact) mass is 413 g/mol. The second kappa shape index (κ2) is 8.41. The summed E-state index contributed by atoms with van der Waals surface area (Å²) in [6, 6.07) is 8.33. The van der Waals surface area contributed by atoms with Crippen molar-refractivity contribution in [1.82, 2.24) is 14.7 Å². The van der Waals surface area contributed by atoms with Gasteiger partial charge in [-0.15, -0.1) is 0 Å². The summed E-state index contributed by atoms with van der Waals surface area (Å²) >= 11 is 3.28. The number of aryl methyl sites for hydroxylation is 1. The number of sulfonamides is 1. The van der Waals surface area contributed by atoms with E-state index in [0.717, 1.165) is 22.5 Å². The van der Waals surface area contributed by atoms with Gasteiger partial charge in [0, 0.05) is 35.9 Å². The Hall–Kier alpha value is -1.71. The van der Waals surface area contributed by atoms with Gasteiger partial charge in [-0.2, -0.15) is 4.98 Å². The molecule has 0 aliphatic heterocycles. The van der Waals surface area contributed by atoms with E-state index in [1.807, 2.05) is 19.9 Å². The van der Waals surface area contributed by atoms with Crippen LogP contribution in [-0.4, -0.2) is 38.0 Å². The van der Waals surface area contributed by atoms with Crippen molar-refractivity contribution in [3.8, 4) is 0 Å². The molecule has 24 heavy (non-hydrogen) atoms. The van der Waals surface area contributed by atoms with Gasteiger partial charge in [0.2, 0.25) is 16.0 Å². The Morgan fingerprint density at radius 1 is 1.08 bits per heavy atom. The average molecular weight is 414 g/mol. The molecule has 0 saturated heterocycles. The van der Waals surface area contributed by atoms with Gasteiger partial charge < -0.3 is 10.6 Å². The zero-order valence-corrected chi connectivity index (χ0v) is 15.9. The number of hydrogen-bond acceptors (Lipinski definition) is 6. The van der Waals surface area contributed by atoms with Crippen molar-refractivity contribution in [1.29, 1.82) is 0 Å². The van der Waals surface area contributed by atoms with Crippen LogP contribution in [0, 0.1) is 6.92 Å². The van der Waals surface area contributed by atoms with Crippen LogP contribution in [0.1, 0.15) is 12.6 Å². The van der Waals surface area contributed by atoms with Gasteiger partial charge in [-0.1, -0.05) is 15.9 Å². The van der Waals surface area contributed by atoms with E-state index in [1.54, 1.807) is 24.3 Å². The Labute approximate surface area is 150 Å². The van der Waals surface area contributed by atoms with Gasteiger partial charge in [0.05, 0.1) is 4.90 Å². The number of benzene rings is 1. The molecule has 0 atom stereocenters. The summed E-state index contributed by atoms with van der Waals surface area (Å²) in [5.74, 6) is 1.21. The van der Waals surface area contributed by atoms with Gasteiger partial charge >= 0.3 is 0 Å².